The average molecular weight is 276 g/mol. The summed E-state index contributed by atoms with van der Waals surface area (Å²) < 4.78 is 26.1. The number of aliphatic hydroxyl groups excluding tert-OH is 1. The Balaban J connectivity index is 1.92. The largest absolute Gasteiger partial charge is 0.393 e. The van der Waals surface area contributed by atoms with Gasteiger partial charge in [0.1, 0.15) is 11.6 Å². The molecule has 0 aliphatic carbocycles. The Morgan fingerprint density at radius 2 is 1.70 bits per heavy atom. The predicted octanol–water partition coefficient (Wildman–Crippen LogP) is 3.81. The molecule has 0 spiro atoms. The zero-order valence-electron chi connectivity index (χ0n) is 11.4. The van der Waals surface area contributed by atoms with Crippen LogP contribution in [0.2, 0.25) is 0 Å². The number of rotatable bonds is 5. The highest BCUT2D eigenvalue weighted by atomic mass is 19.1. The second kappa shape index (κ2) is 6.62. The van der Waals surface area contributed by atoms with E-state index in [2.05, 4.69) is 0 Å². The third-order valence-corrected chi connectivity index (χ3v) is 3.40. The van der Waals surface area contributed by atoms with Crippen molar-refractivity contribution in [2.75, 3.05) is 0 Å². The summed E-state index contributed by atoms with van der Waals surface area (Å²) in [6, 6.07) is 11.4. The van der Waals surface area contributed by atoms with E-state index in [-0.39, 0.29) is 6.42 Å². The van der Waals surface area contributed by atoms with Crippen molar-refractivity contribution in [1.29, 1.82) is 0 Å². The van der Waals surface area contributed by atoms with E-state index in [9.17, 15) is 13.9 Å². The fourth-order valence-electron chi connectivity index (χ4n) is 2.32. The molecule has 1 unspecified atom stereocenters. The molecule has 0 aliphatic rings. The third-order valence-electron chi connectivity index (χ3n) is 3.40. The Hall–Kier alpha value is -1.74. The van der Waals surface area contributed by atoms with Gasteiger partial charge < -0.3 is 5.11 Å². The van der Waals surface area contributed by atoms with Gasteiger partial charge in [0.05, 0.1) is 6.10 Å². The molecule has 0 saturated heterocycles. The number of benzene rings is 2. The molecule has 3 heteroatoms. The number of aliphatic hydroxyl groups is 1. The van der Waals surface area contributed by atoms with Crippen molar-refractivity contribution >= 4 is 0 Å². The van der Waals surface area contributed by atoms with Crippen molar-refractivity contribution in [1.82, 2.24) is 0 Å². The molecular weight excluding hydrogens is 258 g/mol. The van der Waals surface area contributed by atoms with Crippen LogP contribution in [0.25, 0.3) is 0 Å². The molecule has 0 aromatic heterocycles. The van der Waals surface area contributed by atoms with Gasteiger partial charge in [0, 0.05) is 6.07 Å². The van der Waals surface area contributed by atoms with Gasteiger partial charge in [-0.25, -0.2) is 8.78 Å². The normalized spacial score (nSPS) is 12.4. The summed E-state index contributed by atoms with van der Waals surface area (Å²) in [7, 11) is 0. The van der Waals surface area contributed by atoms with Gasteiger partial charge in [-0.2, -0.15) is 0 Å². The van der Waals surface area contributed by atoms with E-state index in [1.165, 1.54) is 23.3 Å². The van der Waals surface area contributed by atoms with Gasteiger partial charge >= 0.3 is 0 Å². The van der Waals surface area contributed by atoms with Crippen molar-refractivity contribution < 1.29 is 13.9 Å². The molecule has 1 N–H and O–H groups in total. The highest BCUT2D eigenvalue weighted by Gasteiger charge is 2.09. The monoisotopic (exact) mass is 276 g/mol. The van der Waals surface area contributed by atoms with Crippen LogP contribution in [-0.2, 0) is 12.8 Å². The fourth-order valence-corrected chi connectivity index (χ4v) is 2.32. The summed E-state index contributed by atoms with van der Waals surface area (Å²) in [5.41, 5.74) is 2.87. The van der Waals surface area contributed by atoms with Gasteiger partial charge in [-0.05, 0) is 55.0 Å². The minimum Gasteiger partial charge on any atom is -0.393 e. The molecule has 0 bridgehead atoms. The SMILES string of the molecule is Cc1ccccc1CCC(O)Cc1cc(F)cc(F)c1. The first kappa shape index (κ1) is 14.7. The van der Waals surface area contributed by atoms with E-state index < -0.39 is 17.7 Å². The van der Waals surface area contributed by atoms with Gasteiger partial charge in [0.25, 0.3) is 0 Å². The van der Waals surface area contributed by atoms with Gasteiger partial charge in [-0.3, -0.25) is 0 Å². The molecule has 2 aromatic carbocycles. The zero-order chi connectivity index (χ0) is 14.5. The minimum atomic E-state index is -0.605. The molecule has 0 radical (unpaired) electrons. The Morgan fingerprint density at radius 3 is 2.35 bits per heavy atom. The highest BCUT2D eigenvalue weighted by molar-refractivity contribution is 5.25. The predicted molar refractivity (Wildman–Crippen MR) is 75.6 cm³/mol. The van der Waals surface area contributed by atoms with Gasteiger partial charge in [0.2, 0.25) is 0 Å². The van der Waals surface area contributed by atoms with E-state index in [1.807, 2.05) is 31.2 Å². The molecule has 2 rings (SSSR count). The lowest BCUT2D eigenvalue weighted by atomic mass is 9.99. The number of hydrogen-bond acceptors (Lipinski definition) is 1. The summed E-state index contributed by atoms with van der Waals surface area (Å²) in [4.78, 5) is 0. The van der Waals surface area contributed by atoms with Gasteiger partial charge in [-0.1, -0.05) is 24.3 Å². The summed E-state index contributed by atoms with van der Waals surface area (Å²) in [5.74, 6) is -1.21. The van der Waals surface area contributed by atoms with Crippen LogP contribution in [0.4, 0.5) is 8.78 Å². The van der Waals surface area contributed by atoms with Crippen LogP contribution < -0.4 is 0 Å². The molecule has 20 heavy (non-hydrogen) atoms. The van der Waals surface area contributed by atoms with E-state index in [0.29, 0.717) is 12.0 Å². The molecule has 1 atom stereocenters. The van der Waals surface area contributed by atoms with E-state index >= 15 is 0 Å². The summed E-state index contributed by atoms with van der Waals surface area (Å²) in [6.45, 7) is 2.03. The van der Waals surface area contributed by atoms with Crippen molar-refractivity contribution in [3.63, 3.8) is 0 Å². The molecular formula is C17H18F2O. The summed E-state index contributed by atoms with van der Waals surface area (Å²) in [6.07, 6.45) is 0.991. The zero-order valence-corrected chi connectivity index (χ0v) is 11.4. The second-order valence-electron chi connectivity index (χ2n) is 5.10. The average Bonchev–Trinajstić information content (AvgIpc) is 2.36. The van der Waals surface area contributed by atoms with Crippen LogP contribution in [-0.4, -0.2) is 11.2 Å². The lowest BCUT2D eigenvalue weighted by Gasteiger charge is -2.12. The lowest BCUT2D eigenvalue weighted by Crippen LogP contribution is -2.12. The first-order valence-corrected chi connectivity index (χ1v) is 6.72. The van der Waals surface area contributed by atoms with Crippen LogP contribution >= 0.6 is 0 Å². The maximum Gasteiger partial charge on any atom is 0.126 e. The number of aryl methyl sites for hydroxylation is 2. The van der Waals surface area contributed by atoms with Crippen molar-refractivity contribution in [2.24, 2.45) is 0 Å². The molecule has 0 heterocycles. The molecule has 106 valence electrons. The number of halogens is 2. The number of hydrogen-bond donors (Lipinski definition) is 1. The van der Waals surface area contributed by atoms with E-state index in [0.717, 1.165) is 12.5 Å². The van der Waals surface area contributed by atoms with E-state index in [4.69, 9.17) is 0 Å². The lowest BCUT2D eigenvalue weighted by molar-refractivity contribution is 0.165. The topological polar surface area (TPSA) is 20.2 Å². The van der Waals surface area contributed by atoms with Crippen LogP contribution in [0.5, 0.6) is 0 Å². The Bertz CT molecular complexity index is 561. The maximum atomic E-state index is 13.1. The molecule has 1 nitrogen and oxygen atoms in total. The first-order valence-electron chi connectivity index (χ1n) is 6.72. The van der Waals surface area contributed by atoms with Crippen molar-refractivity contribution in [3.05, 3.63) is 70.8 Å². The van der Waals surface area contributed by atoms with Crippen LogP contribution in [0, 0.1) is 18.6 Å². The maximum absolute atomic E-state index is 13.1. The third kappa shape index (κ3) is 4.14. The Kier molecular flexibility index (Phi) is 4.85. The summed E-state index contributed by atoms with van der Waals surface area (Å²) in [5, 5.41) is 9.99. The van der Waals surface area contributed by atoms with Gasteiger partial charge in [-0.15, -0.1) is 0 Å². The van der Waals surface area contributed by atoms with Crippen LogP contribution in [0.1, 0.15) is 23.1 Å². The molecule has 0 fully saturated rings. The Morgan fingerprint density at radius 1 is 1.05 bits per heavy atom. The standard InChI is InChI=1S/C17H18F2O/c1-12-4-2-3-5-14(12)6-7-17(20)10-13-8-15(18)11-16(19)9-13/h2-5,8-9,11,17,20H,6-7,10H2,1H3. The second-order valence-corrected chi connectivity index (χ2v) is 5.10. The Labute approximate surface area is 117 Å². The smallest absolute Gasteiger partial charge is 0.126 e. The molecule has 0 amide bonds. The van der Waals surface area contributed by atoms with Crippen molar-refractivity contribution in [2.45, 2.75) is 32.3 Å². The van der Waals surface area contributed by atoms with Crippen LogP contribution in [0.15, 0.2) is 42.5 Å². The van der Waals surface area contributed by atoms with Crippen molar-refractivity contribution in [3.8, 4) is 0 Å². The van der Waals surface area contributed by atoms with Gasteiger partial charge in [0.15, 0.2) is 0 Å². The summed E-state index contributed by atoms with van der Waals surface area (Å²) >= 11 is 0. The molecule has 2 aromatic rings. The van der Waals surface area contributed by atoms with Crippen LogP contribution in [0.3, 0.4) is 0 Å². The highest BCUT2D eigenvalue weighted by Crippen LogP contribution is 2.15. The quantitative estimate of drug-likeness (QED) is 0.880. The molecule has 0 saturated carbocycles. The first-order chi connectivity index (χ1) is 9.54. The molecule has 0 aliphatic heterocycles. The fraction of sp³-hybridized carbons (Fsp3) is 0.294. The minimum absolute atomic E-state index is 0.264. The van der Waals surface area contributed by atoms with E-state index in [1.54, 1.807) is 0 Å².